The standard InChI is InChI=1S/C15H21NO2/c1-10(2)11(3)16-15(14(17)18)9-8-12-6-4-5-7-13(12)15/h4-7,10-11,16H,8-9H2,1-3H3,(H,17,18). The third-order valence-corrected chi connectivity index (χ3v) is 4.09. The van der Waals surface area contributed by atoms with E-state index in [2.05, 4.69) is 26.1 Å². The normalized spacial score (nSPS) is 24.0. The molecule has 2 atom stereocenters. The molecule has 0 saturated heterocycles. The topological polar surface area (TPSA) is 49.3 Å². The SMILES string of the molecule is CC(C)C(C)NC1(C(=O)O)CCc2ccccc21. The number of benzene rings is 1. The summed E-state index contributed by atoms with van der Waals surface area (Å²) in [6.45, 7) is 6.26. The molecule has 0 fully saturated rings. The number of aryl methyl sites for hydroxylation is 1. The molecule has 3 heteroatoms. The van der Waals surface area contributed by atoms with Crippen LogP contribution in [0.15, 0.2) is 24.3 Å². The quantitative estimate of drug-likeness (QED) is 0.859. The van der Waals surface area contributed by atoms with E-state index in [4.69, 9.17) is 0 Å². The molecule has 0 aliphatic heterocycles. The van der Waals surface area contributed by atoms with Gasteiger partial charge >= 0.3 is 5.97 Å². The predicted octanol–water partition coefficient (Wildman–Crippen LogP) is 2.55. The van der Waals surface area contributed by atoms with Gasteiger partial charge in [-0.3, -0.25) is 5.32 Å². The highest BCUT2D eigenvalue weighted by Crippen LogP contribution is 2.37. The third-order valence-electron chi connectivity index (χ3n) is 4.09. The molecule has 1 aliphatic carbocycles. The number of carbonyl (C=O) groups is 1. The van der Waals surface area contributed by atoms with Crippen LogP contribution in [-0.4, -0.2) is 17.1 Å². The van der Waals surface area contributed by atoms with Crippen LogP contribution in [0.4, 0.5) is 0 Å². The molecule has 0 radical (unpaired) electrons. The highest BCUT2D eigenvalue weighted by molar-refractivity contribution is 5.82. The van der Waals surface area contributed by atoms with E-state index in [9.17, 15) is 9.90 Å². The molecule has 0 saturated carbocycles. The van der Waals surface area contributed by atoms with Crippen LogP contribution in [0.1, 0.15) is 38.3 Å². The highest BCUT2D eigenvalue weighted by atomic mass is 16.4. The van der Waals surface area contributed by atoms with E-state index < -0.39 is 11.5 Å². The molecule has 0 heterocycles. The van der Waals surface area contributed by atoms with Crippen molar-refractivity contribution in [2.24, 2.45) is 5.92 Å². The summed E-state index contributed by atoms with van der Waals surface area (Å²) in [5.41, 5.74) is 1.19. The van der Waals surface area contributed by atoms with Gasteiger partial charge in [-0.2, -0.15) is 0 Å². The second-order valence-corrected chi connectivity index (χ2v) is 5.54. The molecule has 1 aromatic carbocycles. The maximum Gasteiger partial charge on any atom is 0.328 e. The van der Waals surface area contributed by atoms with Crippen LogP contribution in [0.5, 0.6) is 0 Å². The van der Waals surface area contributed by atoms with Crippen LogP contribution in [0.2, 0.25) is 0 Å². The van der Waals surface area contributed by atoms with E-state index in [-0.39, 0.29) is 6.04 Å². The van der Waals surface area contributed by atoms with Gasteiger partial charge in [0.05, 0.1) is 0 Å². The second kappa shape index (κ2) is 4.73. The second-order valence-electron chi connectivity index (χ2n) is 5.54. The Balaban J connectivity index is 2.39. The van der Waals surface area contributed by atoms with E-state index in [0.717, 1.165) is 17.5 Å². The first kappa shape index (κ1) is 13.1. The van der Waals surface area contributed by atoms with Crippen molar-refractivity contribution in [2.45, 2.75) is 45.2 Å². The fraction of sp³-hybridized carbons (Fsp3) is 0.533. The summed E-state index contributed by atoms with van der Waals surface area (Å²) in [5.74, 6) is -0.353. The molecule has 0 spiro atoms. The summed E-state index contributed by atoms with van der Waals surface area (Å²) < 4.78 is 0. The van der Waals surface area contributed by atoms with Crippen molar-refractivity contribution in [1.29, 1.82) is 0 Å². The first-order valence-electron chi connectivity index (χ1n) is 6.57. The molecule has 2 rings (SSSR count). The molecule has 2 N–H and O–H groups in total. The van der Waals surface area contributed by atoms with E-state index in [0.29, 0.717) is 12.3 Å². The summed E-state index contributed by atoms with van der Waals surface area (Å²) in [6, 6.07) is 8.04. The molecule has 1 aromatic rings. The summed E-state index contributed by atoms with van der Waals surface area (Å²) in [5, 5.41) is 13.0. The van der Waals surface area contributed by atoms with Gasteiger partial charge in [0.15, 0.2) is 0 Å². The summed E-state index contributed by atoms with van der Waals surface area (Å²) >= 11 is 0. The van der Waals surface area contributed by atoms with Crippen molar-refractivity contribution in [3.05, 3.63) is 35.4 Å². The maximum atomic E-state index is 11.8. The number of fused-ring (bicyclic) bond motifs is 1. The van der Waals surface area contributed by atoms with Gasteiger partial charge in [0.25, 0.3) is 0 Å². The van der Waals surface area contributed by atoms with Crippen molar-refractivity contribution in [3.8, 4) is 0 Å². The molecular formula is C15H21NO2. The van der Waals surface area contributed by atoms with Gasteiger partial charge < -0.3 is 5.11 Å². The minimum absolute atomic E-state index is 0.173. The Bertz CT molecular complexity index is 456. The van der Waals surface area contributed by atoms with Gasteiger partial charge in [-0.15, -0.1) is 0 Å². The van der Waals surface area contributed by atoms with Crippen LogP contribution in [-0.2, 0) is 16.8 Å². The average molecular weight is 247 g/mol. The molecule has 1 aliphatic rings. The van der Waals surface area contributed by atoms with E-state index in [1.165, 1.54) is 0 Å². The Morgan fingerprint density at radius 1 is 1.33 bits per heavy atom. The fourth-order valence-electron chi connectivity index (χ4n) is 2.60. The fourth-order valence-corrected chi connectivity index (χ4v) is 2.60. The lowest BCUT2D eigenvalue weighted by Crippen LogP contribution is -2.52. The Labute approximate surface area is 108 Å². The van der Waals surface area contributed by atoms with Crippen molar-refractivity contribution in [1.82, 2.24) is 5.32 Å². The van der Waals surface area contributed by atoms with Gasteiger partial charge in [-0.05, 0) is 36.8 Å². The van der Waals surface area contributed by atoms with Gasteiger partial charge in [-0.25, -0.2) is 4.79 Å². The number of nitrogens with one attached hydrogen (secondary N) is 1. The number of carboxylic acid groups (broad SMARTS) is 1. The largest absolute Gasteiger partial charge is 0.480 e. The maximum absolute atomic E-state index is 11.8. The minimum atomic E-state index is -0.902. The number of rotatable bonds is 4. The van der Waals surface area contributed by atoms with Crippen molar-refractivity contribution >= 4 is 5.97 Å². The molecule has 98 valence electrons. The number of hydrogen-bond donors (Lipinski definition) is 2. The van der Waals surface area contributed by atoms with Crippen LogP contribution in [0.25, 0.3) is 0 Å². The number of hydrogen-bond acceptors (Lipinski definition) is 2. The van der Waals surface area contributed by atoms with E-state index in [1.807, 2.05) is 24.3 Å². The third kappa shape index (κ3) is 2.03. The van der Waals surface area contributed by atoms with Crippen LogP contribution >= 0.6 is 0 Å². The highest BCUT2D eigenvalue weighted by Gasteiger charge is 2.46. The monoisotopic (exact) mass is 247 g/mol. The van der Waals surface area contributed by atoms with Crippen molar-refractivity contribution in [2.75, 3.05) is 0 Å². The zero-order chi connectivity index (χ0) is 13.3. The van der Waals surface area contributed by atoms with Crippen molar-refractivity contribution < 1.29 is 9.90 Å². The zero-order valence-corrected chi connectivity index (χ0v) is 11.2. The first-order chi connectivity index (χ1) is 8.47. The van der Waals surface area contributed by atoms with E-state index in [1.54, 1.807) is 0 Å². The van der Waals surface area contributed by atoms with Crippen LogP contribution in [0.3, 0.4) is 0 Å². The molecule has 0 aromatic heterocycles. The molecule has 3 nitrogen and oxygen atoms in total. The van der Waals surface area contributed by atoms with Gasteiger partial charge in [0.1, 0.15) is 5.54 Å². The Morgan fingerprint density at radius 3 is 2.61 bits per heavy atom. The van der Waals surface area contributed by atoms with Gasteiger partial charge in [0.2, 0.25) is 0 Å². The molecular weight excluding hydrogens is 226 g/mol. The average Bonchev–Trinajstić information content (AvgIpc) is 2.70. The lowest BCUT2D eigenvalue weighted by atomic mass is 9.89. The first-order valence-corrected chi connectivity index (χ1v) is 6.57. The van der Waals surface area contributed by atoms with Gasteiger partial charge in [-0.1, -0.05) is 38.1 Å². The molecule has 0 bridgehead atoms. The van der Waals surface area contributed by atoms with Crippen molar-refractivity contribution in [3.63, 3.8) is 0 Å². The predicted molar refractivity (Wildman–Crippen MR) is 71.5 cm³/mol. The summed E-state index contributed by atoms with van der Waals surface area (Å²) in [6.07, 6.45) is 1.47. The zero-order valence-electron chi connectivity index (χ0n) is 11.2. The Kier molecular flexibility index (Phi) is 3.44. The molecule has 2 unspecified atom stereocenters. The summed E-state index contributed by atoms with van der Waals surface area (Å²) in [4.78, 5) is 11.8. The lowest BCUT2D eigenvalue weighted by molar-refractivity contribution is -0.145. The number of aliphatic carboxylic acids is 1. The summed E-state index contributed by atoms with van der Waals surface area (Å²) in [7, 11) is 0. The minimum Gasteiger partial charge on any atom is -0.480 e. The van der Waals surface area contributed by atoms with E-state index >= 15 is 0 Å². The Morgan fingerprint density at radius 2 is 2.00 bits per heavy atom. The molecule has 18 heavy (non-hydrogen) atoms. The van der Waals surface area contributed by atoms with Gasteiger partial charge in [0, 0.05) is 6.04 Å². The van der Waals surface area contributed by atoms with Crippen LogP contribution < -0.4 is 5.32 Å². The van der Waals surface area contributed by atoms with Crippen LogP contribution in [0, 0.1) is 5.92 Å². The lowest BCUT2D eigenvalue weighted by Gasteiger charge is -2.32. The molecule has 0 amide bonds. The number of carboxylic acids is 1. The Hall–Kier alpha value is -1.35. The smallest absolute Gasteiger partial charge is 0.328 e.